The van der Waals surface area contributed by atoms with Gasteiger partial charge in [-0.25, -0.2) is 8.42 Å². The molecule has 0 aromatic carbocycles. The van der Waals surface area contributed by atoms with Crippen LogP contribution in [0.2, 0.25) is 0 Å². The zero-order valence-corrected chi connectivity index (χ0v) is 15.2. The number of sulfonamides is 1. The summed E-state index contributed by atoms with van der Waals surface area (Å²) >= 11 is 1.75. The normalized spacial score (nSPS) is 26.2. The second-order valence-electron chi connectivity index (χ2n) is 6.35. The third kappa shape index (κ3) is 3.96. The Morgan fingerprint density at radius 1 is 1.25 bits per heavy atom. The number of hydrogen-bond donors (Lipinski definition) is 3. The van der Waals surface area contributed by atoms with Crippen molar-refractivity contribution < 1.29 is 13.2 Å². The van der Waals surface area contributed by atoms with Crippen molar-refractivity contribution in [2.24, 2.45) is 5.73 Å². The molecule has 0 radical (unpaired) electrons. The summed E-state index contributed by atoms with van der Waals surface area (Å²) in [5, 5.41) is 2.96. The van der Waals surface area contributed by atoms with E-state index in [1.54, 1.807) is 11.8 Å². The predicted octanol–water partition coefficient (Wildman–Crippen LogP) is 0.752. The quantitative estimate of drug-likeness (QED) is 0.723. The summed E-state index contributed by atoms with van der Waals surface area (Å²) in [4.78, 5) is 15.3. The maximum absolute atomic E-state index is 12.6. The molecular formula is C15H24N4O3S2. The van der Waals surface area contributed by atoms with Gasteiger partial charge < -0.3 is 16.0 Å². The number of nitrogens with two attached hydrogens (primary N) is 1. The molecule has 2 fully saturated rings. The van der Waals surface area contributed by atoms with Crippen molar-refractivity contribution in [3.8, 4) is 0 Å². The molecule has 24 heavy (non-hydrogen) atoms. The van der Waals surface area contributed by atoms with Crippen molar-refractivity contribution in [1.29, 1.82) is 0 Å². The Morgan fingerprint density at radius 2 is 1.92 bits per heavy atom. The fourth-order valence-electron chi connectivity index (χ4n) is 3.12. The summed E-state index contributed by atoms with van der Waals surface area (Å²) in [5.41, 5.74) is 6.16. The van der Waals surface area contributed by atoms with Crippen molar-refractivity contribution in [3.63, 3.8) is 0 Å². The highest BCUT2D eigenvalue weighted by Gasteiger charge is 2.28. The van der Waals surface area contributed by atoms with Crippen molar-refractivity contribution >= 4 is 27.7 Å². The molecule has 4 N–H and O–H groups in total. The van der Waals surface area contributed by atoms with Gasteiger partial charge in [-0.1, -0.05) is 0 Å². The van der Waals surface area contributed by atoms with Gasteiger partial charge in [0.05, 0.1) is 0 Å². The van der Waals surface area contributed by atoms with E-state index in [0.717, 1.165) is 37.2 Å². The molecule has 9 heteroatoms. The van der Waals surface area contributed by atoms with Gasteiger partial charge in [0.1, 0.15) is 10.6 Å². The zero-order chi connectivity index (χ0) is 17.2. The molecule has 2 aliphatic rings. The van der Waals surface area contributed by atoms with Crippen LogP contribution in [0, 0.1) is 0 Å². The first kappa shape index (κ1) is 17.8. The molecule has 1 saturated carbocycles. The first-order valence-corrected chi connectivity index (χ1v) is 10.9. The first-order valence-electron chi connectivity index (χ1n) is 8.29. The minimum atomic E-state index is -3.52. The number of carbonyl (C=O) groups excluding carboxylic acids is 1. The van der Waals surface area contributed by atoms with Crippen LogP contribution >= 0.6 is 11.8 Å². The third-order valence-electron chi connectivity index (χ3n) is 4.62. The topological polar surface area (TPSA) is 108 Å². The van der Waals surface area contributed by atoms with Crippen LogP contribution in [0.15, 0.2) is 17.2 Å². The molecule has 0 unspecified atom stereocenters. The number of nitrogens with zero attached hydrogens (tertiary/aromatic N) is 1. The number of thioether (sulfide) groups is 1. The molecule has 0 spiro atoms. The molecule has 1 aliphatic carbocycles. The van der Waals surface area contributed by atoms with Crippen molar-refractivity contribution in [2.75, 3.05) is 24.6 Å². The summed E-state index contributed by atoms with van der Waals surface area (Å²) in [6.45, 7) is 1.03. The average Bonchev–Trinajstić information content (AvgIpc) is 3.09. The lowest BCUT2D eigenvalue weighted by atomic mass is 9.92. The molecular weight excluding hydrogens is 348 g/mol. The van der Waals surface area contributed by atoms with Gasteiger partial charge in [-0.3, -0.25) is 4.79 Å². The lowest BCUT2D eigenvalue weighted by Gasteiger charge is -2.26. The molecule has 1 aliphatic heterocycles. The Bertz CT molecular complexity index is 675. The maximum Gasteiger partial charge on any atom is 0.267 e. The second-order valence-corrected chi connectivity index (χ2v) is 9.51. The third-order valence-corrected chi connectivity index (χ3v) is 7.43. The Hall–Kier alpha value is -1.03. The van der Waals surface area contributed by atoms with E-state index in [0.29, 0.717) is 13.1 Å². The predicted molar refractivity (Wildman–Crippen MR) is 94.6 cm³/mol. The van der Waals surface area contributed by atoms with Crippen LogP contribution in [-0.2, 0) is 10.0 Å². The number of hydrogen-bond acceptors (Lipinski definition) is 5. The van der Waals surface area contributed by atoms with E-state index in [2.05, 4.69) is 10.3 Å². The van der Waals surface area contributed by atoms with E-state index < -0.39 is 10.0 Å². The zero-order valence-electron chi connectivity index (χ0n) is 13.5. The lowest BCUT2D eigenvalue weighted by Crippen LogP contribution is -2.40. The Morgan fingerprint density at radius 3 is 2.58 bits per heavy atom. The Balaban J connectivity index is 1.65. The highest BCUT2D eigenvalue weighted by atomic mass is 32.2. The van der Waals surface area contributed by atoms with E-state index in [-0.39, 0.29) is 28.6 Å². The molecule has 1 amide bonds. The summed E-state index contributed by atoms with van der Waals surface area (Å²) in [6.07, 6.45) is 4.95. The fourth-order valence-corrected chi connectivity index (χ4v) is 5.69. The smallest absolute Gasteiger partial charge is 0.267 e. The van der Waals surface area contributed by atoms with Gasteiger partial charge >= 0.3 is 0 Å². The number of rotatable bonds is 4. The lowest BCUT2D eigenvalue weighted by molar-refractivity contribution is 0.0921. The van der Waals surface area contributed by atoms with E-state index in [1.165, 1.54) is 16.6 Å². The Labute approximate surface area is 146 Å². The van der Waals surface area contributed by atoms with Gasteiger partial charge in [0.25, 0.3) is 5.91 Å². The van der Waals surface area contributed by atoms with Crippen LogP contribution in [0.25, 0.3) is 0 Å². The first-order chi connectivity index (χ1) is 11.5. The summed E-state index contributed by atoms with van der Waals surface area (Å²) in [7, 11) is -3.52. The number of amides is 1. The fraction of sp³-hybridized carbons (Fsp3) is 0.667. The average molecular weight is 373 g/mol. The molecule has 0 atom stereocenters. The van der Waals surface area contributed by atoms with Crippen molar-refractivity contribution in [3.05, 3.63) is 18.0 Å². The highest BCUT2D eigenvalue weighted by Crippen LogP contribution is 2.21. The van der Waals surface area contributed by atoms with Crippen LogP contribution in [0.1, 0.15) is 36.2 Å². The second kappa shape index (κ2) is 7.47. The van der Waals surface area contributed by atoms with E-state index in [9.17, 15) is 13.2 Å². The summed E-state index contributed by atoms with van der Waals surface area (Å²) in [5.74, 6) is 1.35. The standard InChI is InChI=1S/C15H24N4O3S2/c16-11-1-3-12(4-2-11)18-15(20)14-9-13(10-17-14)24(21,22)19-5-7-23-8-6-19/h9-12,17H,1-8,16H2,(H,18,20). The van der Waals surface area contributed by atoms with Gasteiger partial charge in [-0.2, -0.15) is 16.1 Å². The molecule has 1 saturated heterocycles. The van der Waals surface area contributed by atoms with Crippen LogP contribution < -0.4 is 11.1 Å². The van der Waals surface area contributed by atoms with Crippen molar-refractivity contribution in [2.45, 2.75) is 42.7 Å². The number of nitrogens with one attached hydrogen (secondary N) is 2. The van der Waals surface area contributed by atoms with E-state index in [4.69, 9.17) is 5.73 Å². The molecule has 1 aromatic rings. The van der Waals surface area contributed by atoms with Crippen LogP contribution in [-0.4, -0.2) is 60.3 Å². The minimum Gasteiger partial charge on any atom is -0.356 e. The molecule has 3 rings (SSSR count). The van der Waals surface area contributed by atoms with Gasteiger partial charge in [-0.15, -0.1) is 0 Å². The molecule has 0 bridgehead atoms. The number of carbonyl (C=O) groups is 1. The monoisotopic (exact) mass is 372 g/mol. The number of aromatic amines is 1. The van der Waals surface area contributed by atoms with Crippen LogP contribution in [0.4, 0.5) is 0 Å². The largest absolute Gasteiger partial charge is 0.356 e. The minimum absolute atomic E-state index is 0.111. The molecule has 2 heterocycles. The van der Waals surface area contributed by atoms with Gasteiger partial charge in [0, 0.05) is 42.9 Å². The van der Waals surface area contributed by atoms with E-state index >= 15 is 0 Å². The maximum atomic E-state index is 12.6. The van der Waals surface area contributed by atoms with Crippen molar-refractivity contribution in [1.82, 2.24) is 14.6 Å². The van der Waals surface area contributed by atoms with E-state index in [1.807, 2.05) is 0 Å². The SMILES string of the molecule is NC1CCC(NC(=O)c2cc(S(=O)(=O)N3CCSCC3)c[nH]2)CC1. The van der Waals surface area contributed by atoms with Gasteiger partial charge in [0.2, 0.25) is 10.0 Å². The highest BCUT2D eigenvalue weighted by molar-refractivity contribution is 7.99. The van der Waals surface area contributed by atoms with Crippen LogP contribution in [0.5, 0.6) is 0 Å². The number of H-pyrrole nitrogens is 1. The summed E-state index contributed by atoms with van der Waals surface area (Å²) < 4.78 is 26.7. The van der Waals surface area contributed by atoms with Gasteiger partial charge in [-0.05, 0) is 31.7 Å². The molecule has 1 aromatic heterocycles. The molecule has 134 valence electrons. The number of aromatic nitrogens is 1. The molecule has 7 nitrogen and oxygen atoms in total. The summed E-state index contributed by atoms with van der Waals surface area (Å²) in [6, 6.07) is 1.77. The van der Waals surface area contributed by atoms with Crippen LogP contribution in [0.3, 0.4) is 0 Å². The van der Waals surface area contributed by atoms with Gasteiger partial charge in [0.15, 0.2) is 0 Å². The Kier molecular flexibility index (Phi) is 5.53.